The normalized spacial score (nSPS) is 15.6. The van der Waals surface area contributed by atoms with Crippen molar-refractivity contribution >= 4 is 29.6 Å². The van der Waals surface area contributed by atoms with Crippen molar-refractivity contribution in [2.45, 2.75) is 33.8 Å². The predicted molar refractivity (Wildman–Crippen MR) is 114 cm³/mol. The molecule has 1 heterocycles. The maximum atomic E-state index is 13.2. The Morgan fingerprint density at radius 2 is 1.80 bits per heavy atom. The number of hydrogen-bond donors (Lipinski definition) is 1. The van der Waals surface area contributed by atoms with Gasteiger partial charge < -0.3 is 9.47 Å². The van der Waals surface area contributed by atoms with Gasteiger partial charge in [0.15, 0.2) is 0 Å². The molecule has 0 spiro atoms. The molecule has 7 nitrogen and oxygen atoms in total. The van der Waals surface area contributed by atoms with E-state index in [0.717, 1.165) is 16.0 Å². The summed E-state index contributed by atoms with van der Waals surface area (Å²) in [6.45, 7) is 7.45. The third-order valence-corrected chi connectivity index (χ3v) is 4.80. The molecule has 156 valence electrons. The molecule has 0 bridgehead atoms. The summed E-state index contributed by atoms with van der Waals surface area (Å²) in [5, 5.41) is 2.25. The zero-order chi connectivity index (χ0) is 22.0. The molecular weight excluding hydrogens is 384 g/mol. The molecule has 0 aliphatic carbocycles. The number of rotatable bonds is 5. The van der Waals surface area contributed by atoms with Crippen LogP contribution in [0, 0.1) is 13.8 Å². The molecule has 7 heteroatoms. The Labute approximate surface area is 175 Å². The molecule has 1 aliphatic rings. The van der Waals surface area contributed by atoms with Gasteiger partial charge in [0.2, 0.25) is 0 Å². The molecule has 1 saturated heterocycles. The van der Waals surface area contributed by atoms with Crippen LogP contribution in [0.4, 0.5) is 10.5 Å². The molecule has 0 radical (unpaired) electrons. The number of nitrogens with one attached hydrogen (secondary N) is 1. The zero-order valence-electron chi connectivity index (χ0n) is 17.6. The second kappa shape index (κ2) is 8.41. The second-order valence-electron chi connectivity index (χ2n) is 7.25. The number of hydrogen-bond acceptors (Lipinski definition) is 5. The second-order valence-corrected chi connectivity index (χ2v) is 7.25. The van der Waals surface area contributed by atoms with Crippen molar-refractivity contribution in [3.63, 3.8) is 0 Å². The van der Waals surface area contributed by atoms with E-state index < -0.39 is 17.8 Å². The standard InChI is InChI=1S/C23H24N2O5/c1-13(2)30-20-12-17(29-5)10-9-16(20)11-18-21(26)24-23(28)25(22(18)27)19-8-6-7-14(3)15(19)4/h6-13H,1-5H3,(H,24,26,28)/b18-11+. The van der Waals surface area contributed by atoms with Gasteiger partial charge in [-0.05, 0) is 63.1 Å². The van der Waals surface area contributed by atoms with Crippen LogP contribution in [-0.2, 0) is 9.59 Å². The summed E-state index contributed by atoms with van der Waals surface area (Å²) >= 11 is 0. The van der Waals surface area contributed by atoms with Gasteiger partial charge >= 0.3 is 6.03 Å². The van der Waals surface area contributed by atoms with E-state index in [4.69, 9.17) is 9.47 Å². The molecule has 1 aliphatic heterocycles. The number of methoxy groups -OCH3 is 1. The largest absolute Gasteiger partial charge is 0.497 e. The van der Waals surface area contributed by atoms with Crippen LogP contribution in [0.2, 0.25) is 0 Å². The number of amides is 4. The predicted octanol–water partition coefficient (Wildman–Crippen LogP) is 3.77. The smallest absolute Gasteiger partial charge is 0.335 e. The van der Waals surface area contributed by atoms with Crippen LogP contribution >= 0.6 is 0 Å². The zero-order valence-corrected chi connectivity index (χ0v) is 17.6. The minimum atomic E-state index is -0.774. The van der Waals surface area contributed by atoms with Crippen LogP contribution in [-0.4, -0.2) is 31.1 Å². The summed E-state index contributed by atoms with van der Waals surface area (Å²) in [6, 6.07) is 9.64. The van der Waals surface area contributed by atoms with Gasteiger partial charge in [-0.15, -0.1) is 0 Å². The van der Waals surface area contributed by atoms with E-state index in [1.807, 2.05) is 33.8 Å². The molecule has 0 unspecified atom stereocenters. The summed E-state index contributed by atoms with van der Waals surface area (Å²) in [5.74, 6) is -0.395. The molecule has 1 fully saturated rings. The highest BCUT2D eigenvalue weighted by Crippen LogP contribution is 2.30. The first-order chi connectivity index (χ1) is 14.2. The molecule has 0 atom stereocenters. The minimum Gasteiger partial charge on any atom is -0.497 e. The molecule has 1 N–H and O–H groups in total. The van der Waals surface area contributed by atoms with Crippen LogP contribution in [0.3, 0.4) is 0 Å². The summed E-state index contributed by atoms with van der Waals surface area (Å²) in [5.41, 5.74) is 2.51. The van der Waals surface area contributed by atoms with Gasteiger partial charge in [0.05, 0.1) is 18.9 Å². The first-order valence-corrected chi connectivity index (χ1v) is 9.55. The quantitative estimate of drug-likeness (QED) is 0.601. The van der Waals surface area contributed by atoms with E-state index >= 15 is 0 Å². The molecule has 30 heavy (non-hydrogen) atoms. The van der Waals surface area contributed by atoms with Crippen molar-refractivity contribution in [1.29, 1.82) is 0 Å². The molecule has 0 aromatic heterocycles. The maximum Gasteiger partial charge on any atom is 0.335 e. The first kappa shape index (κ1) is 21.1. The molecule has 2 aromatic rings. The Bertz CT molecular complexity index is 1060. The highest BCUT2D eigenvalue weighted by atomic mass is 16.5. The average Bonchev–Trinajstić information content (AvgIpc) is 2.68. The number of ether oxygens (including phenoxy) is 2. The Balaban J connectivity index is 2.08. The van der Waals surface area contributed by atoms with Gasteiger partial charge in [-0.3, -0.25) is 14.9 Å². The lowest BCUT2D eigenvalue weighted by molar-refractivity contribution is -0.122. The van der Waals surface area contributed by atoms with Crippen molar-refractivity contribution in [3.8, 4) is 11.5 Å². The fraction of sp³-hybridized carbons (Fsp3) is 0.261. The van der Waals surface area contributed by atoms with E-state index in [2.05, 4.69) is 5.32 Å². The lowest BCUT2D eigenvalue weighted by Gasteiger charge is -2.28. The Morgan fingerprint density at radius 1 is 1.07 bits per heavy atom. The lowest BCUT2D eigenvalue weighted by atomic mass is 10.0. The van der Waals surface area contributed by atoms with Crippen LogP contribution < -0.4 is 19.7 Å². The number of urea groups is 1. The van der Waals surface area contributed by atoms with Crippen molar-refractivity contribution in [2.75, 3.05) is 12.0 Å². The third kappa shape index (κ3) is 4.05. The molecule has 0 saturated carbocycles. The number of nitrogens with zero attached hydrogens (tertiary/aromatic N) is 1. The Hall–Kier alpha value is -3.61. The van der Waals surface area contributed by atoms with Crippen molar-refractivity contribution in [2.24, 2.45) is 0 Å². The summed E-state index contributed by atoms with van der Waals surface area (Å²) in [7, 11) is 1.54. The van der Waals surface area contributed by atoms with Gasteiger partial charge in [-0.1, -0.05) is 12.1 Å². The van der Waals surface area contributed by atoms with Gasteiger partial charge in [0, 0.05) is 11.6 Å². The summed E-state index contributed by atoms with van der Waals surface area (Å²) in [6.07, 6.45) is 1.30. The SMILES string of the molecule is COc1ccc(/C=C2\C(=O)NC(=O)N(c3cccc(C)c3C)C2=O)c(OC(C)C)c1. The van der Waals surface area contributed by atoms with Crippen molar-refractivity contribution in [3.05, 3.63) is 58.7 Å². The van der Waals surface area contributed by atoms with Crippen LogP contribution in [0.25, 0.3) is 6.08 Å². The fourth-order valence-corrected chi connectivity index (χ4v) is 3.13. The van der Waals surface area contributed by atoms with Crippen molar-refractivity contribution in [1.82, 2.24) is 5.32 Å². The Morgan fingerprint density at radius 3 is 2.47 bits per heavy atom. The molecule has 4 amide bonds. The highest BCUT2D eigenvalue weighted by Gasteiger charge is 2.37. The number of aryl methyl sites for hydroxylation is 1. The van der Waals surface area contributed by atoms with Crippen LogP contribution in [0.5, 0.6) is 11.5 Å². The van der Waals surface area contributed by atoms with E-state index in [-0.39, 0.29) is 11.7 Å². The first-order valence-electron chi connectivity index (χ1n) is 9.55. The number of carbonyl (C=O) groups is 3. The minimum absolute atomic E-state index is 0.127. The third-order valence-electron chi connectivity index (χ3n) is 4.80. The van der Waals surface area contributed by atoms with Gasteiger partial charge in [-0.25, -0.2) is 9.69 Å². The number of anilines is 1. The van der Waals surface area contributed by atoms with Crippen LogP contribution in [0.15, 0.2) is 42.0 Å². The van der Waals surface area contributed by atoms with Gasteiger partial charge in [-0.2, -0.15) is 0 Å². The summed E-state index contributed by atoms with van der Waals surface area (Å²) < 4.78 is 11.1. The average molecular weight is 408 g/mol. The number of imide groups is 2. The maximum absolute atomic E-state index is 13.2. The topological polar surface area (TPSA) is 84.9 Å². The lowest BCUT2D eigenvalue weighted by Crippen LogP contribution is -2.54. The molecule has 3 rings (SSSR count). The fourth-order valence-electron chi connectivity index (χ4n) is 3.13. The number of barbiturate groups is 1. The van der Waals surface area contributed by atoms with Gasteiger partial charge in [0.25, 0.3) is 11.8 Å². The molecule has 2 aromatic carbocycles. The Kier molecular flexibility index (Phi) is 5.91. The summed E-state index contributed by atoms with van der Waals surface area (Å²) in [4.78, 5) is 39.1. The monoisotopic (exact) mass is 408 g/mol. The number of benzene rings is 2. The van der Waals surface area contributed by atoms with E-state index in [1.165, 1.54) is 6.08 Å². The van der Waals surface area contributed by atoms with E-state index in [0.29, 0.717) is 22.7 Å². The van der Waals surface area contributed by atoms with E-state index in [1.54, 1.807) is 37.4 Å². The highest BCUT2D eigenvalue weighted by molar-refractivity contribution is 6.39. The van der Waals surface area contributed by atoms with Crippen LogP contribution in [0.1, 0.15) is 30.5 Å². The van der Waals surface area contributed by atoms with Crippen molar-refractivity contribution < 1.29 is 23.9 Å². The molecular formula is C23H24N2O5. The van der Waals surface area contributed by atoms with Gasteiger partial charge in [0.1, 0.15) is 17.1 Å². The number of carbonyl (C=O) groups excluding carboxylic acids is 3. The van der Waals surface area contributed by atoms with E-state index in [9.17, 15) is 14.4 Å².